The van der Waals surface area contributed by atoms with Gasteiger partial charge in [0.15, 0.2) is 6.04 Å². The van der Waals surface area contributed by atoms with E-state index in [1.165, 1.54) is 9.80 Å². The quantitative estimate of drug-likeness (QED) is 0.621. The molecule has 3 aromatic rings. The number of imide groups is 1. The first-order valence-electron chi connectivity index (χ1n) is 11.0. The number of imidazole rings is 1. The van der Waals surface area contributed by atoms with Crippen molar-refractivity contribution >= 4 is 28.5 Å². The first-order chi connectivity index (χ1) is 15.1. The molecule has 2 aliphatic heterocycles. The highest BCUT2D eigenvalue weighted by Crippen LogP contribution is 2.28. The summed E-state index contributed by atoms with van der Waals surface area (Å²) >= 11 is 0. The minimum atomic E-state index is -0.306. The minimum absolute atomic E-state index is 0.101. The van der Waals surface area contributed by atoms with E-state index in [4.69, 9.17) is 9.72 Å². The number of rotatable bonds is 5. The van der Waals surface area contributed by atoms with Gasteiger partial charge in [-0.2, -0.15) is 0 Å². The maximum atomic E-state index is 13.2. The summed E-state index contributed by atoms with van der Waals surface area (Å²) in [5.74, 6) is 1.83. The van der Waals surface area contributed by atoms with E-state index in [0.29, 0.717) is 24.0 Å². The number of likely N-dealkylation sites (tertiary alicyclic amines) is 1. The van der Waals surface area contributed by atoms with E-state index in [1.807, 2.05) is 43.3 Å². The van der Waals surface area contributed by atoms with E-state index in [9.17, 15) is 9.59 Å². The predicted octanol–water partition coefficient (Wildman–Crippen LogP) is 2.06. The molecule has 2 saturated heterocycles. The molecule has 0 bridgehead atoms. The van der Waals surface area contributed by atoms with Crippen molar-refractivity contribution in [2.24, 2.45) is 0 Å². The van der Waals surface area contributed by atoms with Crippen LogP contribution in [0.3, 0.4) is 0 Å². The summed E-state index contributed by atoms with van der Waals surface area (Å²) in [5, 5.41) is 0. The van der Waals surface area contributed by atoms with Gasteiger partial charge in [0.1, 0.15) is 11.6 Å². The second-order valence-electron chi connectivity index (χ2n) is 8.33. The topological polar surface area (TPSA) is 79.7 Å². The number of fused-ring (bicyclic) bond motifs is 1. The molecular weight excluding hydrogens is 392 g/mol. The fourth-order valence-electron chi connectivity index (χ4n) is 4.88. The molecule has 31 heavy (non-hydrogen) atoms. The third-order valence-corrected chi connectivity index (χ3v) is 6.45. The van der Waals surface area contributed by atoms with Crippen molar-refractivity contribution in [1.82, 2.24) is 9.97 Å². The van der Waals surface area contributed by atoms with Crippen molar-refractivity contribution in [1.29, 1.82) is 0 Å². The molecule has 2 aliphatic rings. The number of nitrogens with zero attached hydrogens (tertiary/aromatic N) is 2. The molecular formula is C24H27N4O3+. The standard InChI is InChI=1S/C24H26N4O3/c1-2-31-18-7-5-6-17(14-18)28-22(29)15-21(24(28)30)27-12-10-16(11-13-27)23-25-19-8-3-4-9-20(19)26-23/h3-9,14,16,21H,2,10-13,15H2,1H3,(H,25,26)/p+1/t21-/m1/s1. The van der Waals surface area contributed by atoms with E-state index < -0.39 is 0 Å². The lowest BCUT2D eigenvalue weighted by Gasteiger charge is -2.31. The van der Waals surface area contributed by atoms with Crippen molar-refractivity contribution < 1.29 is 19.2 Å². The molecule has 2 N–H and O–H groups in total. The number of nitrogens with one attached hydrogen (secondary N) is 2. The number of hydrogen-bond acceptors (Lipinski definition) is 4. The molecule has 7 heteroatoms. The Bertz CT molecular complexity index is 1080. The zero-order valence-electron chi connectivity index (χ0n) is 17.6. The number of ether oxygens (including phenoxy) is 1. The second kappa shape index (κ2) is 8.15. The molecule has 0 saturated carbocycles. The summed E-state index contributed by atoms with van der Waals surface area (Å²) in [4.78, 5) is 36.7. The van der Waals surface area contributed by atoms with Crippen LogP contribution in [0.1, 0.15) is 37.9 Å². The van der Waals surface area contributed by atoms with Crippen LogP contribution < -0.4 is 14.5 Å². The molecule has 160 valence electrons. The molecule has 0 spiro atoms. The Labute approximate surface area is 181 Å². The van der Waals surface area contributed by atoms with Crippen molar-refractivity contribution in [3.8, 4) is 5.75 Å². The van der Waals surface area contributed by atoms with Crippen LogP contribution in [0.25, 0.3) is 11.0 Å². The zero-order chi connectivity index (χ0) is 21.4. The highest BCUT2D eigenvalue weighted by Gasteiger charge is 2.46. The minimum Gasteiger partial charge on any atom is -0.494 e. The molecule has 2 fully saturated rings. The van der Waals surface area contributed by atoms with E-state index >= 15 is 0 Å². The first kappa shape index (κ1) is 19.8. The largest absolute Gasteiger partial charge is 0.494 e. The van der Waals surface area contributed by atoms with Gasteiger partial charge in [-0.15, -0.1) is 0 Å². The van der Waals surface area contributed by atoms with Crippen LogP contribution >= 0.6 is 0 Å². The lowest BCUT2D eigenvalue weighted by Crippen LogP contribution is -3.17. The number of para-hydroxylation sites is 2. The van der Waals surface area contributed by atoms with Crippen LogP contribution in [0.4, 0.5) is 5.69 Å². The monoisotopic (exact) mass is 419 g/mol. The molecule has 2 aromatic carbocycles. The van der Waals surface area contributed by atoms with E-state index in [-0.39, 0.29) is 24.3 Å². The molecule has 0 unspecified atom stereocenters. The van der Waals surface area contributed by atoms with Crippen LogP contribution in [-0.4, -0.2) is 47.5 Å². The highest BCUT2D eigenvalue weighted by atomic mass is 16.5. The van der Waals surface area contributed by atoms with Gasteiger partial charge in [-0.25, -0.2) is 9.88 Å². The fraction of sp³-hybridized carbons (Fsp3) is 0.375. The van der Waals surface area contributed by atoms with Crippen LogP contribution in [0.2, 0.25) is 0 Å². The smallest absolute Gasteiger partial charge is 0.292 e. The Hall–Kier alpha value is -3.19. The number of H-pyrrole nitrogens is 1. The Morgan fingerprint density at radius 3 is 2.71 bits per heavy atom. The predicted molar refractivity (Wildman–Crippen MR) is 117 cm³/mol. The van der Waals surface area contributed by atoms with Crippen LogP contribution in [0.15, 0.2) is 48.5 Å². The number of piperidine rings is 1. The van der Waals surface area contributed by atoms with Gasteiger partial charge in [-0.3, -0.25) is 9.59 Å². The van der Waals surface area contributed by atoms with Crippen molar-refractivity contribution in [2.75, 3.05) is 24.6 Å². The number of hydrogen-bond donors (Lipinski definition) is 2. The van der Waals surface area contributed by atoms with Gasteiger partial charge in [-0.1, -0.05) is 18.2 Å². The number of anilines is 1. The van der Waals surface area contributed by atoms with Crippen molar-refractivity contribution in [3.05, 3.63) is 54.4 Å². The number of benzene rings is 2. The van der Waals surface area contributed by atoms with E-state index in [1.54, 1.807) is 12.1 Å². The summed E-state index contributed by atoms with van der Waals surface area (Å²) in [5.41, 5.74) is 2.66. The van der Waals surface area contributed by atoms with Gasteiger partial charge in [0.25, 0.3) is 5.91 Å². The molecule has 2 amide bonds. The summed E-state index contributed by atoms with van der Waals surface area (Å²) in [6.07, 6.45) is 2.17. The van der Waals surface area contributed by atoms with Gasteiger partial charge in [0.05, 0.1) is 42.8 Å². The molecule has 5 rings (SSSR count). The van der Waals surface area contributed by atoms with Crippen molar-refractivity contribution in [3.63, 3.8) is 0 Å². The SMILES string of the molecule is CCOc1cccc(N2C(=O)C[C@@H]([NH+]3CCC(c4nc5ccccc5[nH]4)CC3)C2=O)c1. The summed E-state index contributed by atoms with van der Waals surface area (Å²) in [6.45, 7) is 4.17. The van der Waals surface area contributed by atoms with Gasteiger partial charge >= 0.3 is 0 Å². The Morgan fingerprint density at radius 1 is 1.13 bits per heavy atom. The zero-order valence-corrected chi connectivity index (χ0v) is 17.6. The third kappa shape index (κ3) is 3.70. The number of quaternary nitrogens is 1. The summed E-state index contributed by atoms with van der Waals surface area (Å²) in [6, 6.07) is 15.0. The average Bonchev–Trinajstić information content (AvgIpc) is 3.35. The van der Waals surface area contributed by atoms with Gasteiger partial charge in [0, 0.05) is 24.8 Å². The maximum Gasteiger partial charge on any atom is 0.292 e. The molecule has 1 atom stereocenters. The van der Waals surface area contributed by atoms with Crippen LogP contribution in [0, 0.1) is 0 Å². The Kier molecular flexibility index (Phi) is 5.19. The van der Waals surface area contributed by atoms with E-state index in [0.717, 1.165) is 42.8 Å². The molecule has 0 radical (unpaired) electrons. The molecule has 1 aromatic heterocycles. The third-order valence-electron chi connectivity index (χ3n) is 6.45. The lowest BCUT2D eigenvalue weighted by molar-refractivity contribution is -0.920. The number of amides is 2. The maximum absolute atomic E-state index is 13.2. The van der Waals surface area contributed by atoms with Gasteiger partial charge in [-0.05, 0) is 31.2 Å². The first-order valence-corrected chi connectivity index (χ1v) is 11.0. The van der Waals surface area contributed by atoms with Gasteiger partial charge < -0.3 is 14.6 Å². The lowest BCUT2D eigenvalue weighted by atomic mass is 9.95. The number of carbonyl (C=O) groups excluding carboxylic acids is 2. The fourth-order valence-corrected chi connectivity index (χ4v) is 4.88. The van der Waals surface area contributed by atoms with E-state index in [2.05, 4.69) is 4.98 Å². The summed E-state index contributed by atoms with van der Waals surface area (Å²) < 4.78 is 5.53. The number of aromatic amines is 1. The average molecular weight is 420 g/mol. The molecule has 0 aliphatic carbocycles. The Balaban J connectivity index is 1.27. The van der Waals surface area contributed by atoms with Crippen LogP contribution in [0.5, 0.6) is 5.75 Å². The molecule has 7 nitrogen and oxygen atoms in total. The summed E-state index contributed by atoms with van der Waals surface area (Å²) in [7, 11) is 0. The highest BCUT2D eigenvalue weighted by molar-refractivity contribution is 6.21. The number of carbonyl (C=O) groups is 2. The normalized spacial score (nSPS) is 24.2. The Morgan fingerprint density at radius 2 is 1.94 bits per heavy atom. The van der Waals surface area contributed by atoms with Gasteiger partial charge in [0.2, 0.25) is 5.91 Å². The van der Waals surface area contributed by atoms with Crippen LogP contribution in [-0.2, 0) is 9.59 Å². The second-order valence-corrected chi connectivity index (χ2v) is 8.33. The number of aromatic nitrogens is 2. The van der Waals surface area contributed by atoms with Crippen molar-refractivity contribution in [2.45, 2.75) is 38.1 Å². The molecule has 3 heterocycles.